The van der Waals surface area contributed by atoms with Crippen molar-refractivity contribution in [3.8, 4) is 0 Å². The molecule has 2 N–H and O–H groups in total. The first-order chi connectivity index (χ1) is 8.63. The van der Waals surface area contributed by atoms with Crippen molar-refractivity contribution in [3.05, 3.63) is 11.5 Å². The topological polar surface area (TPSA) is 43.8 Å². The molecule has 1 heterocycles. The predicted octanol–water partition coefficient (Wildman–Crippen LogP) is 3.87. The highest BCUT2D eigenvalue weighted by Crippen LogP contribution is 2.37. The van der Waals surface area contributed by atoms with Gasteiger partial charge in [0.1, 0.15) is 11.6 Å². The third kappa shape index (κ3) is 2.70. The lowest BCUT2D eigenvalue weighted by Crippen LogP contribution is -2.13. The van der Waals surface area contributed by atoms with Gasteiger partial charge in [-0.2, -0.15) is 0 Å². The fraction of sp³-hybridized carbons (Fsp3) is 0.800. The smallest absolute Gasteiger partial charge is 0.127 e. The summed E-state index contributed by atoms with van der Waals surface area (Å²) in [7, 11) is 0. The van der Waals surface area contributed by atoms with Crippen LogP contribution >= 0.6 is 0 Å². The highest BCUT2D eigenvalue weighted by molar-refractivity contribution is 5.40. The van der Waals surface area contributed by atoms with E-state index in [4.69, 9.17) is 10.7 Å². The summed E-state index contributed by atoms with van der Waals surface area (Å²) in [4.78, 5) is 4.75. The van der Waals surface area contributed by atoms with Crippen molar-refractivity contribution in [2.45, 2.75) is 71.8 Å². The molecule has 0 bridgehead atoms. The maximum atomic E-state index is 6.31. The minimum atomic E-state index is 0.600. The zero-order chi connectivity index (χ0) is 13.1. The predicted molar refractivity (Wildman–Crippen MR) is 76.7 cm³/mol. The number of nitrogens with zero attached hydrogens (tertiary/aromatic N) is 2. The summed E-state index contributed by atoms with van der Waals surface area (Å²) in [5, 5.41) is 0. The molecule has 3 nitrogen and oxygen atoms in total. The van der Waals surface area contributed by atoms with Gasteiger partial charge in [-0.15, -0.1) is 0 Å². The van der Waals surface area contributed by atoms with E-state index in [1.54, 1.807) is 0 Å². The van der Waals surface area contributed by atoms with E-state index in [1.165, 1.54) is 44.2 Å². The number of aryl methyl sites for hydroxylation is 1. The lowest BCUT2D eigenvalue weighted by Gasteiger charge is -2.25. The van der Waals surface area contributed by atoms with E-state index in [9.17, 15) is 0 Å². The van der Waals surface area contributed by atoms with Crippen LogP contribution in [0.15, 0.2) is 0 Å². The van der Waals surface area contributed by atoms with Gasteiger partial charge < -0.3 is 10.3 Å². The third-order valence-electron chi connectivity index (χ3n) is 4.36. The molecule has 1 aromatic heterocycles. The quantitative estimate of drug-likeness (QED) is 0.880. The molecule has 0 atom stereocenters. The van der Waals surface area contributed by atoms with Crippen LogP contribution in [-0.2, 0) is 6.54 Å². The van der Waals surface area contributed by atoms with Crippen LogP contribution in [0.25, 0.3) is 0 Å². The van der Waals surface area contributed by atoms with Crippen LogP contribution in [-0.4, -0.2) is 9.55 Å². The summed E-state index contributed by atoms with van der Waals surface area (Å²) in [5.41, 5.74) is 7.49. The van der Waals surface area contributed by atoms with E-state index in [0.29, 0.717) is 5.92 Å². The lowest BCUT2D eigenvalue weighted by molar-refractivity contribution is 0.345. The molecule has 0 unspecified atom stereocenters. The van der Waals surface area contributed by atoms with E-state index in [1.807, 2.05) is 0 Å². The normalized spacial score (nSPS) is 24.4. The number of anilines is 1. The fourth-order valence-electron chi connectivity index (χ4n) is 3.04. The van der Waals surface area contributed by atoms with Crippen LogP contribution in [0.5, 0.6) is 0 Å². The molecule has 0 aliphatic heterocycles. The molecule has 0 radical (unpaired) electrons. The van der Waals surface area contributed by atoms with Gasteiger partial charge in [-0.3, -0.25) is 0 Å². The largest absolute Gasteiger partial charge is 0.384 e. The highest BCUT2D eigenvalue weighted by atomic mass is 15.1. The number of nitrogen functional groups attached to an aromatic ring is 1. The van der Waals surface area contributed by atoms with Crippen LogP contribution in [0.3, 0.4) is 0 Å². The number of unbranched alkanes of at least 4 members (excludes halogenated alkanes) is 1. The van der Waals surface area contributed by atoms with Gasteiger partial charge >= 0.3 is 0 Å². The van der Waals surface area contributed by atoms with Crippen molar-refractivity contribution in [1.82, 2.24) is 9.55 Å². The Morgan fingerprint density at radius 1 is 1.28 bits per heavy atom. The van der Waals surface area contributed by atoms with Gasteiger partial charge in [-0.1, -0.05) is 33.1 Å². The van der Waals surface area contributed by atoms with Crippen LogP contribution in [0.4, 0.5) is 5.82 Å². The minimum Gasteiger partial charge on any atom is -0.384 e. The maximum Gasteiger partial charge on any atom is 0.127 e. The molecule has 0 saturated heterocycles. The summed E-state index contributed by atoms with van der Waals surface area (Å²) in [6.07, 6.45) is 7.55. The molecule has 1 saturated carbocycles. The monoisotopic (exact) mass is 249 g/mol. The minimum absolute atomic E-state index is 0.600. The SMILES string of the molecule is CCCCn1c(C)nc(C2CCC(C)CC2)c1N. The van der Waals surface area contributed by atoms with Crippen molar-refractivity contribution >= 4 is 5.82 Å². The average Bonchev–Trinajstić information content (AvgIpc) is 2.64. The number of hydrogen-bond donors (Lipinski definition) is 1. The second kappa shape index (κ2) is 5.77. The van der Waals surface area contributed by atoms with E-state index >= 15 is 0 Å². The van der Waals surface area contributed by atoms with Crippen LogP contribution in [0.2, 0.25) is 0 Å². The Bertz CT molecular complexity index is 387. The second-order valence-corrected chi connectivity index (χ2v) is 5.89. The Hall–Kier alpha value is -0.990. The van der Waals surface area contributed by atoms with Crippen molar-refractivity contribution in [2.75, 3.05) is 5.73 Å². The molecule has 102 valence electrons. The van der Waals surface area contributed by atoms with Gasteiger partial charge in [-0.05, 0) is 32.1 Å². The van der Waals surface area contributed by atoms with Gasteiger partial charge in [0.2, 0.25) is 0 Å². The van der Waals surface area contributed by atoms with E-state index in [2.05, 4.69) is 25.3 Å². The number of aromatic nitrogens is 2. The fourth-order valence-corrected chi connectivity index (χ4v) is 3.04. The van der Waals surface area contributed by atoms with Crippen LogP contribution in [0, 0.1) is 12.8 Å². The van der Waals surface area contributed by atoms with Gasteiger partial charge in [0, 0.05) is 12.5 Å². The number of hydrogen-bond acceptors (Lipinski definition) is 2. The molecule has 18 heavy (non-hydrogen) atoms. The van der Waals surface area contributed by atoms with Crippen LogP contribution < -0.4 is 5.73 Å². The molecule has 3 heteroatoms. The van der Waals surface area contributed by atoms with Crippen molar-refractivity contribution in [2.24, 2.45) is 5.92 Å². The summed E-state index contributed by atoms with van der Waals surface area (Å²) < 4.78 is 2.21. The van der Waals surface area contributed by atoms with Crippen molar-refractivity contribution in [3.63, 3.8) is 0 Å². The van der Waals surface area contributed by atoms with Crippen LogP contribution in [0.1, 0.15) is 69.8 Å². The highest BCUT2D eigenvalue weighted by Gasteiger charge is 2.25. The van der Waals surface area contributed by atoms with Gasteiger partial charge in [0.05, 0.1) is 5.69 Å². The first kappa shape index (κ1) is 13.4. The molecule has 0 spiro atoms. The Morgan fingerprint density at radius 3 is 2.56 bits per heavy atom. The molecule has 2 rings (SSSR count). The van der Waals surface area contributed by atoms with Crippen molar-refractivity contribution in [1.29, 1.82) is 0 Å². The Labute approximate surface area is 111 Å². The summed E-state index contributed by atoms with van der Waals surface area (Å²) in [6.45, 7) is 7.67. The zero-order valence-electron chi connectivity index (χ0n) is 12.1. The summed E-state index contributed by atoms with van der Waals surface area (Å²) >= 11 is 0. The van der Waals surface area contributed by atoms with E-state index < -0.39 is 0 Å². The van der Waals surface area contributed by atoms with Crippen molar-refractivity contribution < 1.29 is 0 Å². The lowest BCUT2D eigenvalue weighted by atomic mass is 9.81. The molecule has 1 aliphatic rings. The second-order valence-electron chi connectivity index (χ2n) is 5.89. The van der Waals surface area contributed by atoms with E-state index in [0.717, 1.165) is 24.1 Å². The third-order valence-corrected chi connectivity index (χ3v) is 4.36. The molecule has 1 aliphatic carbocycles. The maximum absolute atomic E-state index is 6.31. The molecular formula is C15H27N3. The molecule has 0 aromatic carbocycles. The molecular weight excluding hydrogens is 222 g/mol. The van der Waals surface area contributed by atoms with Gasteiger partial charge in [0.25, 0.3) is 0 Å². The average molecular weight is 249 g/mol. The Balaban J connectivity index is 2.13. The summed E-state index contributed by atoms with van der Waals surface area (Å²) in [6, 6.07) is 0. The standard InChI is InChI=1S/C15H27N3/c1-4-5-10-18-12(3)17-14(15(18)16)13-8-6-11(2)7-9-13/h11,13H,4-10,16H2,1-3H3. The molecule has 0 amide bonds. The van der Waals surface area contributed by atoms with Gasteiger partial charge in [0.15, 0.2) is 0 Å². The molecule has 1 aromatic rings. The molecule has 1 fully saturated rings. The first-order valence-corrected chi connectivity index (χ1v) is 7.46. The number of nitrogens with two attached hydrogens (primary N) is 1. The Kier molecular flexibility index (Phi) is 4.31. The van der Waals surface area contributed by atoms with E-state index in [-0.39, 0.29) is 0 Å². The number of rotatable bonds is 4. The summed E-state index contributed by atoms with van der Waals surface area (Å²) in [5.74, 6) is 3.50. The number of imidazole rings is 1. The zero-order valence-corrected chi connectivity index (χ0v) is 12.1. The van der Waals surface area contributed by atoms with Gasteiger partial charge in [-0.25, -0.2) is 4.98 Å². The first-order valence-electron chi connectivity index (χ1n) is 7.46. The Morgan fingerprint density at radius 2 is 1.94 bits per heavy atom.